The zero-order chi connectivity index (χ0) is 13.6. The van der Waals surface area contributed by atoms with Crippen molar-refractivity contribution in [2.24, 2.45) is 5.41 Å². The number of rotatable bonds is 1. The SMILES string of the molecule is Cc1ccsc1-c1ncc2c(n1)CC(C)(C)CC2=O. The van der Waals surface area contributed by atoms with Crippen LogP contribution in [0.25, 0.3) is 10.7 Å². The average Bonchev–Trinajstić information content (AvgIpc) is 2.73. The molecule has 2 heterocycles. The highest BCUT2D eigenvalue weighted by molar-refractivity contribution is 7.13. The Balaban J connectivity index is 2.10. The first-order valence-electron chi connectivity index (χ1n) is 6.40. The summed E-state index contributed by atoms with van der Waals surface area (Å²) in [6.45, 7) is 6.29. The van der Waals surface area contributed by atoms with Crippen molar-refractivity contribution in [3.05, 3.63) is 34.5 Å². The second-order valence-electron chi connectivity index (χ2n) is 5.93. The minimum absolute atomic E-state index is 0.000199. The summed E-state index contributed by atoms with van der Waals surface area (Å²) in [5.41, 5.74) is 2.79. The lowest BCUT2D eigenvalue weighted by Crippen LogP contribution is -2.28. The van der Waals surface area contributed by atoms with E-state index < -0.39 is 0 Å². The second-order valence-corrected chi connectivity index (χ2v) is 6.84. The average molecular weight is 272 g/mol. The molecule has 3 rings (SSSR count). The van der Waals surface area contributed by atoms with Crippen molar-refractivity contribution in [1.82, 2.24) is 9.97 Å². The van der Waals surface area contributed by atoms with Crippen molar-refractivity contribution in [2.75, 3.05) is 0 Å². The molecule has 0 saturated heterocycles. The number of thiophene rings is 1. The van der Waals surface area contributed by atoms with Crippen molar-refractivity contribution in [3.63, 3.8) is 0 Å². The number of carbonyl (C=O) groups excluding carboxylic acids is 1. The molecular weight excluding hydrogens is 256 g/mol. The Morgan fingerprint density at radius 1 is 1.32 bits per heavy atom. The molecule has 0 bridgehead atoms. The van der Waals surface area contributed by atoms with Gasteiger partial charge in [-0.2, -0.15) is 0 Å². The number of Topliss-reactive ketones (excluding diaryl/α,β-unsaturated/α-hetero) is 1. The molecular formula is C15H16N2OS. The highest BCUT2D eigenvalue weighted by Crippen LogP contribution is 2.35. The molecule has 0 amide bonds. The Morgan fingerprint density at radius 3 is 2.79 bits per heavy atom. The molecule has 0 atom stereocenters. The summed E-state index contributed by atoms with van der Waals surface area (Å²) in [7, 11) is 0. The third-order valence-corrected chi connectivity index (χ3v) is 4.53. The highest BCUT2D eigenvalue weighted by atomic mass is 32.1. The van der Waals surface area contributed by atoms with Gasteiger partial charge in [0.05, 0.1) is 16.1 Å². The van der Waals surface area contributed by atoms with Crippen LogP contribution in [-0.4, -0.2) is 15.8 Å². The zero-order valence-corrected chi connectivity index (χ0v) is 12.2. The van der Waals surface area contributed by atoms with Gasteiger partial charge in [0.2, 0.25) is 0 Å². The van der Waals surface area contributed by atoms with Gasteiger partial charge in [-0.1, -0.05) is 13.8 Å². The minimum atomic E-state index is 0.000199. The maximum absolute atomic E-state index is 12.1. The molecule has 3 nitrogen and oxygen atoms in total. The number of aryl methyl sites for hydroxylation is 1. The van der Waals surface area contributed by atoms with Gasteiger partial charge >= 0.3 is 0 Å². The summed E-state index contributed by atoms with van der Waals surface area (Å²) in [4.78, 5) is 22.2. The molecule has 1 aliphatic rings. The number of hydrogen-bond donors (Lipinski definition) is 0. The maximum atomic E-state index is 12.1. The second kappa shape index (κ2) is 4.23. The Bertz CT molecular complexity index is 658. The predicted octanol–water partition coefficient (Wildman–Crippen LogP) is 3.67. The number of fused-ring (bicyclic) bond motifs is 1. The number of nitrogens with zero attached hydrogens (tertiary/aromatic N) is 2. The fourth-order valence-corrected chi connectivity index (χ4v) is 3.41. The van der Waals surface area contributed by atoms with E-state index in [9.17, 15) is 4.79 Å². The van der Waals surface area contributed by atoms with Gasteiger partial charge in [-0.25, -0.2) is 9.97 Å². The molecule has 0 unspecified atom stereocenters. The van der Waals surface area contributed by atoms with Crippen LogP contribution in [0.4, 0.5) is 0 Å². The van der Waals surface area contributed by atoms with Gasteiger partial charge in [0.25, 0.3) is 0 Å². The lowest BCUT2D eigenvalue weighted by Gasteiger charge is -2.29. The fourth-order valence-electron chi connectivity index (χ4n) is 2.54. The van der Waals surface area contributed by atoms with E-state index in [2.05, 4.69) is 36.8 Å². The van der Waals surface area contributed by atoms with Crippen LogP contribution in [0.5, 0.6) is 0 Å². The maximum Gasteiger partial charge on any atom is 0.169 e. The van der Waals surface area contributed by atoms with E-state index in [1.807, 2.05) is 5.38 Å². The Morgan fingerprint density at radius 2 is 2.11 bits per heavy atom. The summed E-state index contributed by atoms with van der Waals surface area (Å²) in [5, 5.41) is 2.04. The van der Waals surface area contributed by atoms with Gasteiger partial charge in [0.1, 0.15) is 0 Å². The summed E-state index contributed by atoms with van der Waals surface area (Å²) in [5.74, 6) is 0.914. The normalized spacial score (nSPS) is 17.3. The third kappa shape index (κ3) is 2.21. The van der Waals surface area contributed by atoms with E-state index in [0.29, 0.717) is 12.0 Å². The molecule has 2 aromatic heterocycles. The molecule has 2 aromatic rings. The van der Waals surface area contributed by atoms with Crippen LogP contribution >= 0.6 is 11.3 Å². The lowest BCUT2D eigenvalue weighted by atomic mass is 9.76. The van der Waals surface area contributed by atoms with Crippen molar-refractivity contribution in [2.45, 2.75) is 33.6 Å². The number of carbonyl (C=O) groups is 1. The van der Waals surface area contributed by atoms with Crippen LogP contribution in [0.2, 0.25) is 0 Å². The van der Waals surface area contributed by atoms with Gasteiger partial charge < -0.3 is 0 Å². The number of ketones is 1. The quantitative estimate of drug-likeness (QED) is 0.795. The molecule has 0 N–H and O–H groups in total. The Kier molecular flexibility index (Phi) is 2.78. The van der Waals surface area contributed by atoms with Crippen molar-refractivity contribution in [3.8, 4) is 10.7 Å². The molecule has 98 valence electrons. The van der Waals surface area contributed by atoms with Gasteiger partial charge in [-0.05, 0) is 35.8 Å². The van der Waals surface area contributed by atoms with E-state index in [1.54, 1.807) is 17.5 Å². The molecule has 0 fully saturated rings. The number of aromatic nitrogens is 2. The molecule has 4 heteroatoms. The first-order valence-corrected chi connectivity index (χ1v) is 7.28. The predicted molar refractivity (Wildman–Crippen MR) is 76.5 cm³/mol. The molecule has 0 saturated carbocycles. The van der Waals surface area contributed by atoms with Crippen molar-refractivity contribution in [1.29, 1.82) is 0 Å². The zero-order valence-electron chi connectivity index (χ0n) is 11.4. The molecule has 19 heavy (non-hydrogen) atoms. The fraction of sp³-hybridized carbons (Fsp3) is 0.400. The van der Waals surface area contributed by atoms with Gasteiger partial charge in [0, 0.05) is 12.6 Å². The van der Waals surface area contributed by atoms with Gasteiger partial charge in [0.15, 0.2) is 11.6 Å². The van der Waals surface area contributed by atoms with E-state index in [1.165, 1.54) is 5.56 Å². The smallest absolute Gasteiger partial charge is 0.169 e. The highest BCUT2D eigenvalue weighted by Gasteiger charge is 2.32. The summed E-state index contributed by atoms with van der Waals surface area (Å²) in [6, 6.07) is 2.07. The lowest BCUT2D eigenvalue weighted by molar-refractivity contribution is 0.0910. The number of hydrogen-bond acceptors (Lipinski definition) is 4. The monoisotopic (exact) mass is 272 g/mol. The van der Waals surface area contributed by atoms with Crippen LogP contribution in [-0.2, 0) is 6.42 Å². The summed E-state index contributed by atoms with van der Waals surface area (Å²) in [6.07, 6.45) is 3.13. The standard InChI is InChI=1S/C15H16N2OS/c1-9-4-5-19-13(9)14-16-8-10-11(17-14)6-15(2,3)7-12(10)18/h4-5,8H,6-7H2,1-3H3. The van der Waals surface area contributed by atoms with Crippen LogP contribution in [0.15, 0.2) is 17.6 Å². The van der Waals surface area contributed by atoms with Gasteiger partial charge in [-0.15, -0.1) is 11.3 Å². The largest absolute Gasteiger partial charge is 0.294 e. The van der Waals surface area contributed by atoms with E-state index in [-0.39, 0.29) is 11.2 Å². The Hall–Kier alpha value is -1.55. The molecule has 0 spiro atoms. The van der Waals surface area contributed by atoms with E-state index in [4.69, 9.17) is 0 Å². The topological polar surface area (TPSA) is 42.9 Å². The van der Waals surface area contributed by atoms with E-state index >= 15 is 0 Å². The van der Waals surface area contributed by atoms with Gasteiger partial charge in [-0.3, -0.25) is 4.79 Å². The molecule has 0 radical (unpaired) electrons. The van der Waals surface area contributed by atoms with E-state index in [0.717, 1.165) is 22.8 Å². The Labute approximate surface area is 116 Å². The van der Waals surface area contributed by atoms with Crippen LogP contribution in [0.1, 0.15) is 41.9 Å². The van der Waals surface area contributed by atoms with Crippen molar-refractivity contribution >= 4 is 17.1 Å². The molecule has 0 aromatic carbocycles. The molecule has 0 aliphatic heterocycles. The third-order valence-electron chi connectivity index (χ3n) is 3.52. The minimum Gasteiger partial charge on any atom is -0.294 e. The van der Waals surface area contributed by atoms with Crippen LogP contribution in [0.3, 0.4) is 0 Å². The van der Waals surface area contributed by atoms with Crippen LogP contribution < -0.4 is 0 Å². The van der Waals surface area contributed by atoms with Crippen molar-refractivity contribution < 1.29 is 4.79 Å². The molecule has 1 aliphatic carbocycles. The first-order chi connectivity index (χ1) is 8.96. The first kappa shape index (κ1) is 12.5. The summed E-state index contributed by atoms with van der Waals surface area (Å²) < 4.78 is 0. The van der Waals surface area contributed by atoms with Crippen LogP contribution in [0, 0.1) is 12.3 Å². The summed E-state index contributed by atoms with van der Waals surface area (Å²) >= 11 is 1.64.